The number of nitrogens with zero attached hydrogens (tertiary/aromatic N) is 1. The summed E-state index contributed by atoms with van der Waals surface area (Å²) in [6.45, 7) is 0.636. The largest absolute Gasteiger partial charge is 0.312 e. The molecule has 3 rings (SSSR count). The first-order valence-electron chi connectivity index (χ1n) is 7.75. The Morgan fingerprint density at radius 3 is 2.44 bits per heavy atom. The van der Waals surface area contributed by atoms with E-state index in [-0.39, 0.29) is 21.5 Å². The van der Waals surface area contributed by atoms with Crippen LogP contribution < -0.4 is 9.62 Å². The van der Waals surface area contributed by atoms with Crippen LogP contribution in [-0.2, 0) is 14.8 Å². The molecule has 132 valence electrons. The van der Waals surface area contributed by atoms with Gasteiger partial charge in [-0.2, -0.15) is 0 Å². The van der Waals surface area contributed by atoms with Gasteiger partial charge in [0, 0.05) is 18.7 Å². The summed E-state index contributed by atoms with van der Waals surface area (Å²) in [6.07, 6.45) is 2.32. The highest BCUT2D eigenvalue weighted by molar-refractivity contribution is 7.92. The molecule has 5 nitrogen and oxygen atoms in total. The van der Waals surface area contributed by atoms with Gasteiger partial charge in [-0.25, -0.2) is 12.8 Å². The van der Waals surface area contributed by atoms with Crippen molar-refractivity contribution in [3.63, 3.8) is 0 Å². The van der Waals surface area contributed by atoms with Crippen molar-refractivity contribution in [2.75, 3.05) is 16.2 Å². The van der Waals surface area contributed by atoms with Crippen LogP contribution in [0.25, 0.3) is 0 Å². The zero-order valence-corrected chi connectivity index (χ0v) is 14.8. The maximum Gasteiger partial charge on any atom is 0.261 e. The molecular weight excluding hydrogens is 367 g/mol. The lowest BCUT2D eigenvalue weighted by Gasteiger charge is -2.26. The van der Waals surface area contributed by atoms with Crippen LogP contribution in [-0.4, -0.2) is 20.9 Å². The van der Waals surface area contributed by atoms with Gasteiger partial charge in [0.2, 0.25) is 5.91 Å². The highest BCUT2D eigenvalue weighted by Crippen LogP contribution is 2.25. The van der Waals surface area contributed by atoms with Gasteiger partial charge in [0.05, 0.1) is 15.6 Å². The molecule has 0 saturated carbocycles. The summed E-state index contributed by atoms with van der Waals surface area (Å²) in [7, 11) is -3.84. The first-order valence-corrected chi connectivity index (χ1v) is 9.61. The Balaban J connectivity index is 1.80. The van der Waals surface area contributed by atoms with E-state index in [0.717, 1.165) is 18.9 Å². The van der Waals surface area contributed by atoms with Gasteiger partial charge in [-0.3, -0.25) is 9.52 Å². The number of carbonyl (C=O) groups is 1. The van der Waals surface area contributed by atoms with Gasteiger partial charge in [0.1, 0.15) is 5.82 Å². The molecule has 1 amide bonds. The summed E-state index contributed by atoms with van der Waals surface area (Å²) < 4.78 is 40.4. The minimum Gasteiger partial charge on any atom is -0.312 e. The molecule has 8 heteroatoms. The summed E-state index contributed by atoms with van der Waals surface area (Å²) in [5.74, 6) is -0.582. The van der Waals surface area contributed by atoms with Crippen LogP contribution >= 0.6 is 11.6 Å². The van der Waals surface area contributed by atoms with Crippen molar-refractivity contribution in [2.45, 2.75) is 24.2 Å². The summed E-state index contributed by atoms with van der Waals surface area (Å²) >= 11 is 5.66. The molecule has 1 N–H and O–H groups in total. The lowest BCUT2D eigenvalue weighted by atomic mass is 10.1. The zero-order chi connectivity index (χ0) is 18.0. The standard InChI is InChI=1S/C17H16ClFN2O3S/c18-15-11-12(4-9-16(15)19)20-25(23,24)14-7-5-13(6-8-14)21-10-2-1-3-17(21)22/h4-9,11,20H,1-3,10H2. The molecule has 0 atom stereocenters. The van der Waals surface area contributed by atoms with E-state index in [9.17, 15) is 17.6 Å². The second-order valence-electron chi connectivity index (χ2n) is 5.73. The molecule has 0 radical (unpaired) electrons. The summed E-state index contributed by atoms with van der Waals surface area (Å²) in [5.41, 5.74) is 0.843. The average molecular weight is 383 g/mol. The number of carbonyl (C=O) groups excluding carboxylic acids is 1. The molecule has 0 aliphatic carbocycles. The molecule has 2 aromatic carbocycles. The van der Waals surface area contributed by atoms with Gasteiger partial charge < -0.3 is 4.90 Å². The third-order valence-corrected chi connectivity index (χ3v) is 5.64. The molecular formula is C17H16ClFN2O3S. The van der Waals surface area contributed by atoms with Gasteiger partial charge >= 0.3 is 0 Å². The van der Waals surface area contributed by atoms with Crippen LogP contribution in [0.5, 0.6) is 0 Å². The second-order valence-corrected chi connectivity index (χ2v) is 7.82. The van der Waals surface area contributed by atoms with Crippen LogP contribution in [0.2, 0.25) is 5.02 Å². The number of rotatable bonds is 4. The van der Waals surface area contributed by atoms with Gasteiger partial charge in [0.15, 0.2) is 0 Å². The quantitative estimate of drug-likeness (QED) is 0.874. The number of amides is 1. The number of hydrogen-bond donors (Lipinski definition) is 1. The molecule has 2 aromatic rings. The van der Waals surface area contributed by atoms with Gasteiger partial charge in [-0.1, -0.05) is 11.6 Å². The van der Waals surface area contributed by atoms with Crippen LogP contribution in [0.4, 0.5) is 15.8 Å². The van der Waals surface area contributed by atoms with Crippen molar-refractivity contribution in [1.82, 2.24) is 0 Å². The van der Waals surface area contributed by atoms with E-state index in [1.807, 2.05) is 0 Å². The fourth-order valence-electron chi connectivity index (χ4n) is 2.66. The molecule has 25 heavy (non-hydrogen) atoms. The average Bonchev–Trinajstić information content (AvgIpc) is 2.58. The smallest absolute Gasteiger partial charge is 0.261 e. The Morgan fingerprint density at radius 1 is 1.08 bits per heavy atom. The van der Waals surface area contributed by atoms with E-state index in [1.165, 1.54) is 24.3 Å². The SMILES string of the molecule is O=C1CCCCN1c1ccc(S(=O)(=O)Nc2ccc(F)c(Cl)c2)cc1. The van der Waals surface area contributed by atoms with Gasteiger partial charge in [0.25, 0.3) is 10.0 Å². The fourth-order valence-corrected chi connectivity index (χ4v) is 3.89. The molecule has 1 fully saturated rings. The Morgan fingerprint density at radius 2 is 1.80 bits per heavy atom. The monoisotopic (exact) mass is 382 g/mol. The van der Waals surface area contributed by atoms with Crippen molar-refractivity contribution in [2.24, 2.45) is 0 Å². The van der Waals surface area contributed by atoms with Crippen LogP contribution in [0.3, 0.4) is 0 Å². The molecule has 1 aliphatic rings. The molecule has 0 spiro atoms. The van der Waals surface area contributed by atoms with Crippen LogP contribution in [0.1, 0.15) is 19.3 Å². The van der Waals surface area contributed by atoms with E-state index in [4.69, 9.17) is 11.6 Å². The van der Waals surface area contributed by atoms with E-state index >= 15 is 0 Å². The molecule has 1 aliphatic heterocycles. The van der Waals surface area contributed by atoms with Gasteiger partial charge in [-0.15, -0.1) is 0 Å². The number of piperidine rings is 1. The van der Waals surface area contributed by atoms with Gasteiger partial charge in [-0.05, 0) is 55.3 Å². The lowest BCUT2D eigenvalue weighted by Crippen LogP contribution is -2.35. The number of sulfonamides is 1. The Kier molecular flexibility index (Phi) is 4.96. The molecule has 0 bridgehead atoms. The summed E-state index contributed by atoms with van der Waals surface area (Å²) in [5, 5.41) is -0.167. The Labute approximate surface area is 150 Å². The van der Waals surface area contributed by atoms with E-state index in [2.05, 4.69) is 4.72 Å². The maximum absolute atomic E-state index is 13.2. The normalized spacial score (nSPS) is 15.3. The first kappa shape index (κ1) is 17.7. The number of hydrogen-bond acceptors (Lipinski definition) is 3. The van der Waals surface area contributed by atoms with Crippen LogP contribution in [0, 0.1) is 5.82 Å². The number of nitrogens with one attached hydrogen (secondary N) is 1. The number of anilines is 2. The van der Waals surface area contributed by atoms with Crippen molar-refractivity contribution < 1.29 is 17.6 Å². The topological polar surface area (TPSA) is 66.5 Å². The number of halogens is 2. The van der Waals surface area contributed by atoms with Crippen LogP contribution in [0.15, 0.2) is 47.4 Å². The van der Waals surface area contributed by atoms with E-state index in [1.54, 1.807) is 17.0 Å². The summed E-state index contributed by atoms with van der Waals surface area (Å²) in [6, 6.07) is 9.67. The Bertz CT molecular complexity index is 901. The number of benzene rings is 2. The molecule has 0 unspecified atom stereocenters. The van der Waals surface area contributed by atoms with Crippen molar-refractivity contribution in [3.05, 3.63) is 53.3 Å². The molecule has 0 aromatic heterocycles. The highest BCUT2D eigenvalue weighted by atomic mass is 35.5. The van der Waals surface area contributed by atoms with E-state index < -0.39 is 15.8 Å². The minimum absolute atomic E-state index is 0.0425. The zero-order valence-electron chi connectivity index (χ0n) is 13.2. The molecule has 1 saturated heterocycles. The third kappa shape index (κ3) is 3.93. The predicted molar refractivity (Wildman–Crippen MR) is 94.9 cm³/mol. The van der Waals surface area contributed by atoms with Crippen molar-refractivity contribution >= 4 is 38.9 Å². The van der Waals surface area contributed by atoms with Crippen molar-refractivity contribution in [3.8, 4) is 0 Å². The first-order chi connectivity index (χ1) is 11.9. The predicted octanol–water partition coefficient (Wildman–Crippen LogP) is 3.80. The summed E-state index contributed by atoms with van der Waals surface area (Å²) in [4.78, 5) is 13.6. The minimum atomic E-state index is -3.84. The highest BCUT2D eigenvalue weighted by Gasteiger charge is 2.21. The molecule has 1 heterocycles. The third-order valence-electron chi connectivity index (χ3n) is 3.95. The van der Waals surface area contributed by atoms with Crippen molar-refractivity contribution in [1.29, 1.82) is 0 Å². The Hall–Kier alpha value is -2.12. The lowest BCUT2D eigenvalue weighted by molar-refractivity contribution is -0.119. The van der Waals surface area contributed by atoms with E-state index in [0.29, 0.717) is 18.7 Å². The second kappa shape index (κ2) is 7.01. The maximum atomic E-state index is 13.2. The fraction of sp³-hybridized carbons (Fsp3) is 0.235.